The molecule has 0 aromatic heterocycles. The van der Waals surface area contributed by atoms with Crippen LogP contribution in [0, 0.1) is 10.1 Å². The zero-order valence-electron chi connectivity index (χ0n) is 9.39. The summed E-state index contributed by atoms with van der Waals surface area (Å²) in [6, 6.07) is 4.04. The van der Waals surface area contributed by atoms with Gasteiger partial charge in [-0.3, -0.25) is 10.1 Å². The molecule has 0 unspecified atom stereocenters. The second kappa shape index (κ2) is 6.46. The summed E-state index contributed by atoms with van der Waals surface area (Å²) in [6.07, 6.45) is 0. The van der Waals surface area contributed by atoms with Gasteiger partial charge in [0, 0.05) is 6.07 Å². The molecule has 0 fully saturated rings. The summed E-state index contributed by atoms with van der Waals surface area (Å²) in [5.74, 6) is -1.42. The Balaban J connectivity index is 0.00000225. The van der Waals surface area contributed by atoms with Gasteiger partial charge in [0.2, 0.25) is 0 Å². The fraction of sp³-hybridized carbons (Fsp3) is 0.300. The van der Waals surface area contributed by atoms with Gasteiger partial charge in [0.1, 0.15) is 0 Å². The van der Waals surface area contributed by atoms with Crippen molar-refractivity contribution in [1.29, 1.82) is 0 Å². The maximum atomic E-state index is 10.6. The number of hydrogen-bond donors (Lipinski definition) is 0. The van der Waals surface area contributed by atoms with Crippen LogP contribution in [-0.4, -0.2) is 10.9 Å². The van der Waals surface area contributed by atoms with Crippen LogP contribution in [0.15, 0.2) is 18.2 Å². The molecule has 1 aromatic rings. The molecule has 1 rings (SSSR count). The number of carboxylic acid groups (broad SMARTS) is 1. The summed E-state index contributed by atoms with van der Waals surface area (Å²) in [5, 5.41) is 21.2. The predicted molar refractivity (Wildman–Crippen MR) is 51.5 cm³/mol. The number of carbonyl (C=O) groups is 1. The molecular formula is C10H10KNO4. The number of nitro groups is 1. The number of hydrogen-bond acceptors (Lipinski definition) is 4. The van der Waals surface area contributed by atoms with Gasteiger partial charge < -0.3 is 9.90 Å². The molecule has 0 aliphatic carbocycles. The molecule has 0 N–H and O–H groups in total. The molecule has 5 nitrogen and oxygen atoms in total. The van der Waals surface area contributed by atoms with E-state index in [1.807, 2.05) is 13.8 Å². The predicted octanol–water partition coefficient (Wildman–Crippen LogP) is -1.91. The minimum absolute atomic E-state index is 0. The first kappa shape index (κ1) is 15.7. The molecule has 0 radical (unpaired) electrons. The van der Waals surface area contributed by atoms with Crippen LogP contribution in [0.1, 0.15) is 35.7 Å². The standard InChI is InChI=1S/C10H11NO4.K/c1-6(2)7-3-4-8(10(12)13)9(5-7)11(14)15;/h3-6H,1-2H3,(H,12,13);/q;+1/p-1. The summed E-state index contributed by atoms with van der Waals surface area (Å²) in [7, 11) is 0. The van der Waals surface area contributed by atoms with Crippen molar-refractivity contribution in [3.8, 4) is 0 Å². The average molecular weight is 247 g/mol. The van der Waals surface area contributed by atoms with Gasteiger partial charge in [-0.1, -0.05) is 19.9 Å². The van der Waals surface area contributed by atoms with Crippen LogP contribution in [0.3, 0.4) is 0 Å². The molecule has 0 aliphatic rings. The van der Waals surface area contributed by atoms with E-state index >= 15 is 0 Å². The van der Waals surface area contributed by atoms with E-state index in [0.717, 1.165) is 5.56 Å². The number of nitrogens with zero attached hydrogens (tertiary/aromatic N) is 1. The Kier molecular flexibility index (Phi) is 6.35. The van der Waals surface area contributed by atoms with Crippen molar-refractivity contribution < 1.29 is 66.2 Å². The van der Waals surface area contributed by atoms with Crippen LogP contribution >= 0.6 is 0 Å². The van der Waals surface area contributed by atoms with Crippen molar-refractivity contribution >= 4 is 11.7 Å². The van der Waals surface area contributed by atoms with E-state index in [9.17, 15) is 20.0 Å². The minimum Gasteiger partial charge on any atom is -0.545 e. The molecule has 6 heteroatoms. The number of carbonyl (C=O) groups excluding carboxylic acids is 1. The molecule has 0 atom stereocenters. The smallest absolute Gasteiger partial charge is 0.545 e. The molecular weight excluding hydrogens is 237 g/mol. The molecule has 0 saturated carbocycles. The van der Waals surface area contributed by atoms with Crippen molar-refractivity contribution in [2.75, 3.05) is 0 Å². The van der Waals surface area contributed by atoms with Crippen LogP contribution in [0.2, 0.25) is 0 Å². The molecule has 80 valence electrons. The van der Waals surface area contributed by atoms with Crippen molar-refractivity contribution in [3.63, 3.8) is 0 Å². The molecule has 0 bridgehead atoms. The Hall–Kier alpha value is -0.274. The van der Waals surface area contributed by atoms with E-state index in [-0.39, 0.29) is 62.9 Å². The molecule has 1 aromatic carbocycles. The molecule has 0 aliphatic heterocycles. The number of carboxylic acids is 1. The summed E-state index contributed by atoms with van der Waals surface area (Å²) in [5.41, 5.74) is -0.0719. The first-order valence-electron chi connectivity index (χ1n) is 4.43. The maximum Gasteiger partial charge on any atom is 1.00 e. The van der Waals surface area contributed by atoms with Crippen molar-refractivity contribution in [2.24, 2.45) is 0 Å². The number of rotatable bonds is 3. The molecule has 0 heterocycles. The molecule has 0 saturated heterocycles. The summed E-state index contributed by atoms with van der Waals surface area (Å²) >= 11 is 0. The Morgan fingerprint density at radius 1 is 1.38 bits per heavy atom. The van der Waals surface area contributed by atoms with Gasteiger partial charge in [-0.25, -0.2) is 0 Å². The second-order valence-corrected chi connectivity index (χ2v) is 3.48. The minimum atomic E-state index is -1.53. The van der Waals surface area contributed by atoms with Crippen LogP contribution in [0.4, 0.5) is 5.69 Å². The third-order valence-corrected chi connectivity index (χ3v) is 2.11. The first-order chi connectivity index (χ1) is 6.93. The zero-order valence-corrected chi connectivity index (χ0v) is 12.5. The van der Waals surface area contributed by atoms with E-state index in [2.05, 4.69) is 0 Å². The Morgan fingerprint density at radius 3 is 2.31 bits per heavy atom. The third kappa shape index (κ3) is 3.64. The molecule has 0 amide bonds. The number of aromatic carboxylic acids is 1. The van der Waals surface area contributed by atoms with Gasteiger partial charge >= 0.3 is 51.4 Å². The normalized spacial score (nSPS) is 9.69. The van der Waals surface area contributed by atoms with E-state index in [4.69, 9.17) is 0 Å². The second-order valence-electron chi connectivity index (χ2n) is 3.48. The zero-order chi connectivity index (χ0) is 11.6. The quantitative estimate of drug-likeness (QED) is 0.354. The van der Waals surface area contributed by atoms with E-state index in [0.29, 0.717) is 0 Å². The van der Waals surface area contributed by atoms with Crippen molar-refractivity contribution in [3.05, 3.63) is 39.4 Å². The Bertz CT molecular complexity index is 417. The first-order valence-corrected chi connectivity index (χ1v) is 4.43. The largest absolute Gasteiger partial charge is 1.00 e. The topological polar surface area (TPSA) is 83.3 Å². The van der Waals surface area contributed by atoms with Crippen LogP contribution in [0.5, 0.6) is 0 Å². The van der Waals surface area contributed by atoms with E-state index in [1.165, 1.54) is 12.1 Å². The van der Waals surface area contributed by atoms with Gasteiger partial charge in [0.15, 0.2) is 0 Å². The fourth-order valence-electron chi connectivity index (χ4n) is 1.23. The number of benzene rings is 1. The van der Waals surface area contributed by atoms with Crippen molar-refractivity contribution in [1.82, 2.24) is 0 Å². The monoisotopic (exact) mass is 247 g/mol. The van der Waals surface area contributed by atoms with Crippen molar-refractivity contribution in [2.45, 2.75) is 19.8 Å². The molecule has 16 heavy (non-hydrogen) atoms. The van der Waals surface area contributed by atoms with Crippen LogP contribution in [-0.2, 0) is 0 Å². The van der Waals surface area contributed by atoms with Gasteiger partial charge in [0.25, 0.3) is 5.69 Å². The summed E-state index contributed by atoms with van der Waals surface area (Å²) < 4.78 is 0. The SMILES string of the molecule is CC(C)c1ccc(C(=O)[O-])c([N+](=O)[O-])c1.[K+]. The summed E-state index contributed by atoms with van der Waals surface area (Å²) in [6.45, 7) is 3.75. The van der Waals surface area contributed by atoms with Gasteiger partial charge in [-0.2, -0.15) is 0 Å². The summed E-state index contributed by atoms with van der Waals surface area (Å²) in [4.78, 5) is 20.5. The average Bonchev–Trinajstić information content (AvgIpc) is 2.16. The van der Waals surface area contributed by atoms with Gasteiger partial charge in [-0.05, 0) is 17.5 Å². The Morgan fingerprint density at radius 2 is 1.94 bits per heavy atom. The maximum absolute atomic E-state index is 10.6. The fourth-order valence-corrected chi connectivity index (χ4v) is 1.23. The van der Waals surface area contributed by atoms with E-state index < -0.39 is 16.6 Å². The number of nitro benzene ring substituents is 1. The molecule has 0 spiro atoms. The van der Waals surface area contributed by atoms with Crippen LogP contribution in [0.25, 0.3) is 0 Å². The van der Waals surface area contributed by atoms with Gasteiger partial charge in [-0.15, -0.1) is 0 Å². The van der Waals surface area contributed by atoms with Gasteiger partial charge in [0.05, 0.1) is 16.5 Å². The van der Waals surface area contributed by atoms with Crippen LogP contribution < -0.4 is 56.5 Å². The van der Waals surface area contributed by atoms with E-state index in [1.54, 1.807) is 6.07 Å². The Labute approximate surface area is 135 Å². The third-order valence-electron chi connectivity index (χ3n) is 2.11.